The van der Waals surface area contributed by atoms with Crippen molar-refractivity contribution in [3.63, 3.8) is 0 Å². The summed E-state index contributed by atoms with van der Waals surface area (Å²) in [6, 6.07) is 11.6. The Morgan fingerprint density at radius 2 is 1.74 bits per heavy atom. The second-order valence-corrected chi connectivity index (χ2v) is 7.68. The van der Waals surface area contributed by atoms with E-state index in [0.717, 1.165) is 22.5 Å². The number of hydrogen-bond acceptors (Lipinski definition) is 7. The Hall–Kier alpha value is -4.08. The molecule has 0 bridgehead atoms. The first kappa shape index (κ1) is 18.9. The van der Waals surface area contributed by atoms with E-state index >= 15 is 0 Å². The van der Waals surface area contributed by atoms with Gasteiger partial charge in [0, 0.05) is 0 Å². The number of aromatic nitrogens is 3. The number of hydrazine groups is 1. The molecule has 3 heterocycles. The minimum absolute atomic E-state index is 0.391. The number of rotatable bonds is 4. The van der Waals surface area contributed by atoms with Gasteiger partial charge in [-0.15, -0.1) is 10.2 Å². The zero-order valence-corrected chi connectivity index (χ0v) is 17.0. The Balaban J connectivity index is 1.79. The Morgan fingerprint density at radius 3 is 2.39 bits per heavy atom. The number of hydrogen-bond donors (Lipinski definition) is 2. The van der Waals surface area contributed by atoms with Crippen LogP contribution in [0, 0.1) is 12.8 Å². The second kappa shape index (κ2) is 6.73. The average Bonchev–Trinajstić information content (AvgIpc) is 3.36. The monoisotopic (exact) mass is 419 g/mol. The van der Waals surface area contributed by atoms with E-state index in [9.17, 15) is 9.59 Å². The summed E-state index contributed by atoms with van der Waals surface area (Å²) in [7, 11) is 1.58. The summed E-state index contributed by atoms with van der Waals surface area (Å²) in [6.07, 6.45) is 1.57. The van der Waals surface area contributed by atoms with E-state index in [4.69, 9.17) is 16.2 Å². The molecule has 0 spiro atoms. The van der Waals surface area contributed by atoms with Crippen molar-refractivity contribution in [1.82, 2.24) is 14.8 Å². The van der Waals surface area contributed by atoms with E-state index in [1.165, 1.54) is 0 Å². The molecule has 2 aromatic carbocycles. The van der Waals surface area contributed by atoms with Crippen LogP contribution in [-0.2, 0) is 9.59 Å². The van der Waals surface area contributed by atoms with Crippen LogP contribution in [0.25, 0.3) is 5.69 Å². The number of benzene rings is 2. The number of nitrogens with two attached hydrogens (primary N) is 2. The van der Waals surface area contributed by atoms with Crippen molar-refractivity contribution in [3.8, 4) is 11.4 Å². The third kappa shape index (κ3) is 2.64. The van der Waals surface area contributed by atoms with Crippen LogP contribution in [0.3, 0.4) is 0 Å². The molecular weight excluding hydrogens is 398 g/mol. The highest BCUT2D eigenvalue weighted by Gasteiger charge is 2.57. The third-order valence-electron chi connectivity index (χ3n) is 5.89. The first-order valence-corrected chi connectivity index (χ1v) is 9.74. The summed E-state index contributed by atoms with van der Waals surface area (Å²) < 4.78 is 7.04. The summed E-state index contributed by atoms with van der Waals surface area (Å²) in [6.45, 7) is 1.97. The lowest BCUT2D eigenvalue weighted by Gasteiger charge is -2.40. The minimum atomic E-state index is -1.03. The van der Waals surface area contributed by atoms with Gasteiger partial charge < -0.3 is 16.2 Å². The number of nitrogens with zero attached hydrogens (tertiary/aromatic N) is 5. The quantitative estimate of drug-likeness (QED) is 0.640. The lowest BCUT2D eigenvalue weighted by atomic mass is 9.87. The van der Waals surface area contributed by atoms with E-state index in [-0.39, 0.29) is 0 Å². The molecule has 2 aliphatic heterocycles. The van der Waals surface area contributed by atoms with Gasteiger partial charge in [0.05, 0.1) is 30.4 Å². The van der Waals surface area contributed by atoms with Crippen LogP contribution in [0.1, 0.15) is 17.2 Å². The Morgan fingerprint density at radius 1 is 1.00 bits per heavy atom. The standard InChI is InChI=1S/C21H21N7O3/c1-11-3-8-14-15(9-11)27-17(12-4-6-13(31-2)7-5-12)16(19(22)29)18(20(23)30)28(27)21-25-24-10-26(14)21/h3-10,16-18H,1-2H3,(H2,22,29)(H2,23,30)/t16-,17-,18+/m1/s1. The van der Waals surface area contributed by atoms with E-state index < -0.39 is 29.8 Å². The highest BCUT2D eigenvalue weighted by Crippen LogP contribution is 2.50. The second-order valence-electron chi connectivity index (χ2n) is 7.68. The van der Waals surface area contributed by atoms with Gasteiger partial charge >= 0.3 is 0 Å². The normalized spacial score (nSPS) is 21.3. The van der Waals surface area contributed by atoms with Crippen LogP contribution in [-0.4, -0.2) is 39.7 Å². The number of primary amides is 2. The molecule has 10 nitrogen and oxygen atoms in total. The summed E-state index contributed by atoms with van der Waals surface area (Å²) in [5.41, 5.74) is 15.1. The first-order chi connectivity index (χ1) is 14.9. The number of methoxy groups -OCH3 is 1. The summed E-state index contributed by atoms with van der Waals surface area (Å²) >= 11 is 0. The van der Waals surface area contributed by atoms with Gasteiger partial charge in [-0.25, -0.2) is 5.01 Å². The van der Waals surface area contributed by atoms with Crippen molar-refractivity contribution >= 4 is 23.5 Å². The minimum Gasteiger partial charge on any atom is -0.497 e. The zero-order chi connectivity index (χ0) is 21.9. The molecule has 2 aliphatic rings. The van der Waals surface area contributed by atoms with E-state index in [0.29, 0.717) is 11.7 Å². The molecule has 1 saturated heterocycles. The van der Waals surface area contributed by atoms with Crippen LogP contribution >= 0.6 is 0 Å². The van der Waals surface area contributed by atoms with Crippen LogP contribution in [0.2, 0.25) is 0 Å². The number of ether oxygens (including phenoxy) is 1. The van der Waals surface area contributed by atoms with E-state index in [2.05, 4.69) is 10.2 Å². The number of anilines is 2. The fourth-order valence-electron chi connectivity index (χ4n) is 4.57. The van der Waals surface area contributed by atoms with Crippen LogP contribution in [0.5, 0.6) is 5.75 Å². The summed E-state index contributed by atoms with van der Waals surface area (Å²) in [4.78, 5) is 25.3. The smallest absolute Gasteiger partial charge is 0.251 e. The maximum absolute atomic E-state index is 12.7. The molecule has 3 atom stereocenters. The van der Waals surface area contributed by atoms with Crippen LogP contribution < -0.4 is 26.2 Å². The highest BCUT2D eigenvalue weighted by atomic mass is 16.5. The van der Waals surface area contributed by atoms with Gasteiger partial charge in [0.1, 0.15) is 18.1 Å². The summed E-state index contributed by atoms with van der Waals surface area (Å²) in [5, 5.41) is 11.8. The van der Waals surface area contributed by atoms with Gasteiger partial charge in [0.25, 0.3) is 5.95 Å². The molecule has 0 unspecified atom stereocenters. The van der Waals surface area contributed by atoms with Crippen molar-refractivity contribution < 1.29 is 14.3 Å². The largest absolute Gasteiger partial charge is 0.497 e. The molecule has 4 N–H and O–H groups in total. The maximum atomic E-state index is 12.7. The van der Waals surface area contributed by atoms with Crippen molar-refractivity contribution in [2.24, 2.45) is 17.4 Å². The van der Waals surface area contributed by atoms with Crippen molar-refractivity contribution in [2.75, 3.05) is 17.1 Å². The topological polar surface area (TPSA) is 133 Å². The highest BCUT2D eigenvalue weighted by molar-refractivity contribution is 5.95. The Kier molecular flexibility index (Phi) is 4.10. The van der Waals surface area contributed by atoms with Crippen molar-refractivity contribution in [2.45, 2.75) is 19.0 Å². The third-order valence-corrected chi connectivity index (χ3v) is 5.89. The first-order valence-electron chi connectivity index (χ1n) is 9.74. The number of carbonyl (C=O) groups is 2. The SMILES string of the molecule is COc1ccc([C@@H]2[C@@H](C(N)=O)[C@@H](C(N)=O)N3c4nncn4-c4ccc(C)cc4N23)cc1. The molecule has 10 heteroatoms. The van der Waals surface area contributed by atoms with Crippen LogP contribution in [0.15, 0.2) is 48.8 Å². The molecule has 1 aromatic heterocycles. The molecule has 5 rings (SSSR count). The Labute approximate surface area is 178 Å². The Bertz CT molecular complexity index is 1190. The van der Waals surface area contributed by atoms with Crippen molar-refractivity contribution in [1.29, 1.82) is 0 Å². The fraction of sp³-hybridized carbons (Fsp3) is 0.238. The molecule has 0 radical (unpaired) electrons. The lowest BCUT2D eigenvalue weighted by Crippen LogP contribution is -2.52. The predicted octanol–water partition coefficient (Wildman–Crippen LogP) is 0.836. The van der Waals surface area contributed by atoms with E-state index in [1.807, 2.05) is 42.3 Å². The van der Waals surface area contributed by atoms with Gasteiger partial charge in [-0.3, -0.25) is 19.2 Å². The van der Waals surface area contributed by atoms with Gasteiger partial charge in [0.15, 0.2) is 0 Å². The summed E-state index contributed by atoms with van der Waals surface area (Å²) in [5.74, 6) is -1.14. The molecule has 0 aliphatic carbocycles. The molecule has 1 fully saturated rings. The zero-order valence-electron chi connectivity index (χ0n) is 17.0. The molecule has 31 heavy (non-hydrogen) atoms. The average molecular weight is 419 g/mol. The molecule has 3 aromatic rings. The maximum Gasteiger partial charge on any atom is 0.251 e. The molecule has 0 saturated carbocycles. The molecular formula is C21H21N7O3. The van der Waals surface area contributed by atoms with Crippen LogP contribution in [0.4, 0.5) is 11.6 Å². The molecule has 2 amide bonds. The van der Waals surface area contributed by atoms with Crippen molar-refractivity contribution in [3.05, 3.63) is 59.9 Å². The number of amides is 2. The molecule has 158 valence electrons. The number of fused-ring (bicyclic) bond motifs is 6. The van der Waals surface area contributed by atoms with Gasteiger partial charge in [0.2, 0.25) is 11.8 Å². The van der Waals surface area contributed by atoms with E-state index in [1.54, 1.807) is 35.1 Å². The number of carbonyl (C=O) groups excluding carboxylic acids is 2. The van der Waals surface area contributed by atoms with Gasteiger partial charge in [-0.2, -0.15) is 0 Å². The van der Waals surface area contributed by atoms with Gasteiger partial charge in [-0.05, 0) is 42.3 Å². The lowest BCUT2D eigenvalue weighted by molar-refractivity contribution is -0.127. The predicted molar refractivity (Wildman–Crippen MR) is 112 cm³/mol. The fourth-order valence-corrected chi connectivity index (χ4v) is 4.57. The number of aryl methyl sites for hydroxylation is 1. The van der Waals surface area contributed by atoms with Gasteiger partial charge in [-0.1, -0.05) is 18.2 Å².